The number of nitrogens with zero attached hydrogens (tertiary/aromatic N) is 3. The van der Waals surface area contributed by atoms with Crippen molar-refractivity contribution in [1.29, 1.82) is 0 Å². The summed E-state index contributed by atoms with van der Waals surface area (Å²) in [6, 6.07) is 10.2. The zero-order valence-corrected chi connectivity index (χ0v) is 18.4. The predicted octanol–water partition coefficient (Wildman–Crippen LogP) is 5.21. The van der Waals surface area contributed by atoms with Crippen molar-refractivity contribution in [3.8, 4) is 0 Å². The van der Waals surface area contributed by atoms with Crippen LogP contribution in [-0.2, 0) is 4.74 Å². The van der Waals surface area contributed by atoms with Crippen molar-refractivity contribution in [2.45, 2.75) is 32.8 Å². The van der Waals surface area contributed by atoms with E-state index < -0.39 is 5.60 Å². The van der Waals surface area contributed by atoms with Crippen LogP contribution in [0, 0.1) is 0 Å². The number of H-pyrrole nitrogens is 2. The molecule has 4 aromatic rings. The van der Waals surface area contributed by atoms with Crippen LogP contribution in [0.1, 0.15) is 32.9 Å². The maximum Gasteiger partial charge on any atom is 0.410 e. The van der Waals surface area contributed by atoms with Gasteiger partial charge in [0.1, 0.15) is 23.4 Å². The summed E-state index contributed by atoms with van der Waals surface area (Å²) in [5.74, 6) is 0.748. The van der Waals surface area contributed by atoms with Gasteiger partial charge in [-0.1, -0.05) is 12.1 Å². The Kier molecular flexibility index (Phi) is 4.84. The van der Waals surface area contributed by atoms with E-state index in [0.29, 0.717) is 13.1 Å². The molecule has 0 saturated carbocycles. The van der Waals surface area contributed by atoms with Crippen LogP contribution in [0.5, 0.6) is 0 Å². The summed E-state index contributed by atoms with van der Waals surface area (Å²) in [6.45, 7) is 6.77. The van der Waals surface area contributed by atoms with Crippen LogP contribution in [0.15, 0.2) is 48.9 Å². The molecule has 0 aliphatic carbocycles. The Balaban J connectivity index is 1.39. The van der Waals surface area contributed by atoms with Gasteiger partial charge in [0.05, 0.1) is 5.39 Å². The molecule has 8 heteroatoms. The monoisotopic (exact) mass is 430 g/mol. The largest absolute Gasteiger partial charge is 0.444 e. The summed E-state index contributed by atoms with van der Waals surface area (Å²) in [6.07, 6.45) is 6.02. The van der Waals surface area contributed by atoms with Crippen molar-refractivity contribution in [1.82, 2.24) is 24.8 Å². The minimum Gasteiger partial charge on any atom is -0.444 e. The Labute approximate surface area is 185 Å². The third kappa shape index (κ3) is 3.91. The van der Waals surface area contributed by atoms with Crippen molar-refractivity contribution in [3.63, 3.8) is 0 Å². The normalized spacial score (nSPS) is 14.6. The predicted molar refractivity (Wildman–Crippen MR) is 126 cm³/mol. The topological polar surface area (TPSA) is 98.9 Å². The quantitative estimate of drug-likeness (QED) is 0.415. The standard InChI is InChI=1S/C24H26N6O2/c1-24(2,3)32-23(31)30-11-8-15(9-12-30)20-13-17-21(26-14-27-22(17)29-20)28-19-6-4-5-18-16(19)7-10-25-18/h4-8,10,13-14,25H,9,11-12H2,1-3H3,(H2,26,27,28,29). The first-order valence-electron chi connectivity index (χ1n) is 10.7. The van der Waals surface area contributed by atoms with Crippen molar-refractivity contribution in [2.75, 3.05) is 18.4 Å². The maximum atomic E-state index is 12.3. The van der Waals surface area contributed by atoms with E-state index in [2.05, 4.69) is 37.4 Å². The second kappa shape index (κ2) is 7.71. The molecular formula is C24H26N6O2. The van der Waals surface area contributed by atoms with Gasteiger partial charge in [0.2, 0.25) is 0 Å². The number of carbonyl (C=O) groups is 1. The third-order valence-electron chi connectivity index (χ3n) is 5.48. The smallest absolute Gasteiger partial charge is 0.410 e. The molecule has 1 aliphatic heterocycles. The van der Waals surface area contributed by atoms with Gasteiger partial charge in [0.15, 0.2) is 0 Å². The van der Waals surface area contributed by atoms with E-state index in [1.807, 2.05) is 51.2 Å². The minimum absolute atomic E-state index is 0.277. The molecule has 1 aliphatic rings. The van der Waals surface area contributed by atoms with E-state index in [1.54, 1.807) is 11.2 Å². The van der Waals surface area contributed by atoms with Gasteiger partial charge >= 0.3 is 6.09 Å². The molecule has 164 valence electrons. The molecule has 0 unspecified atom stereocenters. The van der Waals surface area contributed by atoms with Gasteiger partial charge in [0, 0.05) is 41.6 Å². The molecule has 3 N–H and O–H groups in total. The Hall–Kier alpha value is -3.81. The fraction of sp³-hybridized carbons (Fsp3) is 0.292. The highest BCUT2D eigenvalue weighted by molar-refractivity contribution is 5.98. The molecule has 0 bridgehead atoms. The van der Waals surface area contributed by atoms with Crippen LogP contribution in [0.2, 0.25) is 0 Å². The van der Waals surface area contributed by atoms with Gasteiger partial charge in [-0.2, -0.15) is 0 Å². The number of fused-ring (bicyclic) bond motifs is 2. The van der Waals surface area contributed by atoms with Gasteiger partial charge in [-0.3, -0.25) is 0 Å². The highest BCUT2D eigenvalue weighted by atomic mass is 16.6. The molecule has 1 amide bonds. The number of amides is 1. The molecule has 0 radical (unpaired) electrons. The molecule has 0 spiro atoms. The lowest BCUT2D eigenvalue weighted by molar-refractivity contribution is 0.0270. The summed E-state index contributed by atoms with van der Waals surface area (Å²) in [5.41, 5.74) is 4.47. The van der Waals surface area contributed by atoms with E-state index in [1.165, 1.54) is 0 Å². The van der Waals surface area contributed by atoms with Crippen LogP contribution in [0.3, 0.4) is 0 Å². The summed E-state index contributed by atoms with van der Waals surface area (Å²) < 4.78 is 5.48. The number of hydrogen-bond donors (Lipinski definition) is 3. The number of aromatic amines is 2. The Morgan fingerprint density at radius 2 is 2.06 bits per heavy atom. The molecule has 0 atom stereocenters. The minimum atomic E-state index is -0.495. The van der Waals surface area contributed by atoms with E-state index in [4.69, 9.17) is 4.74 Å². The number of anilines is 2. The fourth-order valence-electron chi connectivity index (χ4n) is 3.94. The van der Waals surface area contributed by atoms with Crippen LogP contribution in [0.25, 0.3) is 27.5 Å². The second-order valence-electron chi connectivity index (χ2n) is 8.94. The van der Waals surface area contributed by atoms with E-state index in [9.17, 15) is 4.79 Å². The van der Waals surface area contributed by atoms with Crippen molar-refractivity contribution in [2.24, 2.45) is 0 Å². The lowest BCUT2D eigenvalue weighted by atomic mass is 10.1. The van der Waals surface area contributed by atoms with E-state index >= 15 is 0 Å². The first-order chi connectivity index (χ1) is 15.4. The molecule has 1 aromatic carbocycles. The Morgan fingerprint density at radius 3 is 2.84 bits per heavy atom. The van der Waals surface area contributed by atoms with Crippen molar-refractivity contribution >= 4 is 45.1 Å². The molecule has 32 heavy (non-hydrogen) atoms. The molecule has 0 saturated heterocycles. The second-order valence-corrected chi connectivity index (χ2v) is 8.94. The SMILES string of the molecule is CC(C)(C)OC(=O)N1CC=C(c2cc3c(Nc4cccc5[nH]ccc45)ncnc3[nH]2)CC1. The molecule has 0 fully saturated rings. The van der Waals surface area contributed by atoms with Crippen LogP contribution >= 0.6 is 0 Å². The van der Waals surface area contributed by atoms with Gasteiger partial charge in [-0.25, -0.2) is 14.8 Å². The highest BCUT2D eigenvalue weighted by Gasteiger charge is 2.24. The summed E-state index contributed by atoms with van der Waals surface area (Å²) >= 11 is 0. The summed E-state index contributed by atoms with van der Waals surface area (Å²) in [7, 11) is 0. The first kappa shape index (κ1) is 20.1. The van der Waals surface area contributed by atoms with Crippen LogP contribution < -0.4 is 5.32 Å². The number of rotatable bonds is 3. The number of ether oxygens (including phenoxy) is 1. The number of benzene rings is 1. The number of carbonyl (C=O) groups excluding carboxylic acids is 1. The van der Waals surface area contributed by atoms with Crippen LogP contribution in [0.4, 0.5) is 16.3 Å². The molecule has 3 aromatic heterocycles. The molecule has 4 heterocycles. The average molecular weight is 431 g/mol. The molecule has 8 nitrogen and oxygen atoms in total. The zero-order valence-electron chi connectivity index (χ0n) is 18.4. The van der Waals surface area contributed by atoms with Gasteiger partial charge in [-0.15, -0.1) is 0 Å². The van der Waals surface area contributed by atoms with E-state index in [0.717, 1.165) is 51.1 Å². The van der Waals surface area contributed by atoms with Crippen molar-refractivity contribution < 1.29 is 9.53 Å². The number of nitrogens with one attached hydrogen (secondary N) is 3. The van der Waals surface area contributed by atoms with Gasteiger partial charge in [-0.05, 0) is 57.0 Å². The fourth-order valence-corrected chi connectivity index (χ4v) is 3.94. The number of hydrogen-bond acceptors (Lipinski definition) is 5. The van der Waals surface area contributed by atoms with Gasteiger partial charge < -0.3 is 24.9 Å². The highest BCUT2D eigenvalue weighted by Crippen LogP contribution is 2.31. The first-order valence-corrected chi connectivity index (χ1v) is 10.7. The molecule has 5 rings (SSSR count). The average Bonchev–Trinajstić information content (AvgIpc) is 3.41. The summed E-state index contributed by atoms with van der Waals surface area (Å²) in [5, 5.41) is 5.48. The van der Waals surface area contributed by atoms with Crippen molar-refractivity contribution in [3.05, 3.63) is 54.6 Å². The third-order valence-corrected chi connectivity index (χ3v) is 5.48. The summed E-state index contributed by atoms with van der Waals surface area (Å²) in [4.78, 5) is 29.6. The zero-order chi connectivity index (χ0) is 22.3. The number of aromatic nitrogens is 4. The Bertz CT molecular complexity index is 1330. The lowest BCUT2D eigenvalue weighted by Gasteiger charge is -2.29. The van der Waals surface area contributed by atoms with Gasteiger partial charge in [0.25, 0.3) is 0 Å². The molecular weight excluding hydrogens is 404 g/mol. The maximum absolute atomic E-state index is 12.3. The van der Waals surface area contributed by atoms with E-state index in [-0.39, 0.29) is 6.09 Å². The Morgan fingerprint density at radius 1 is 1.19 bits per heavy atom. The van der Waals surface area contributed by atoms with Crippen LogP contribution in [-0.4, -0.2) is 49.6 Å². The lowest BCUT2D eigenvalue weighted by Crippen LogP contribution is -2.39.